The lowest BCUT2D eigenvalue weighted by Crippen LogP contribution is -2.27. The van der Waals surface area contributed by atoms with E-state index in [1.807, 2.05) is 29.6 Å². The maximum absolute atomic E-state index is 11.8. The number of nitrogens with one attached hydrogen (secondary N) is 1. The molecule has 0 aliphatic carbocycles. The van der Waals surface area contributed by atoms with Crippen LogP contribution in [0.15, 0.2) is 29.6 Å². The summed E-state index contributed by atoms with van der Waals surface area (Å²) in [6.45, 7) is 0.576. The Hall–Kier alpha value is -1.59. The van der Waals surface area contributed by atoms with E-state index in [9.17, 15) is 4.79 Å². The normalized spacial score (nSPS) is 10.4. The number of ether oxygens (including phenoxy) is 1. The molecule has 6 heteroatoms. The Morgan fingerprint density at radius 2 is 2.24 bits per heavy atom. The third-order valence-electron chi connectivity index (χ3n) is 2.96. The molecule has 4 nitrogen and oxygen atoms in total. The van der Waals surface area contributed by atoms with E-state index in [0.29, 0.717) is 18.8 Å². The van der Waals surface area contributed by atoms with Crippen LogP contribution in [0, 0.1) is 0 Å². The molecular weight excluding hydrogens is 308 g/mol. The van der Waals surface area contributed by atoms with Gasteiger partial charge in [0.1, 0.15) is 10.8 Å². The molecule has 0 saturated heterocycles. The SMILES string of the molecule is COc1ccccc1CCNC(=O)Cc1nc(CCl)cs1. The molecule has 1 N–H and O–H groups in total. The first-order valence-electron chi connectivity index (χ1n) is 6.60. The number of rotatable bonds is 7. The Kier molecular flexibility index (Phi) is 6.02. The zero-order chi connectivity index (χ0) is 15.1. The van der Waals surface area contributed by atoms with Crippen LogP contribution in [0.2, 0.25) is 0 Å². The monoisotopic (exact) mass is 324 g/mol. The molecule has 2 rings (SSSR count). The fourth-order valence-electron chi connectivity index (χ4n) is 1.94. The highest BCUT2D eigenvalue weighted by molar-refractivity contribution is 7.09. The van der Waals surface area contributed by atoms with E-state index in [0.717, 1.165) is 28.4 Å². The third kappa shape index (κ3) is 4.72. The highest BCUT2D eigenvalue weighted by Gasteiger charge is 2.08. The summed E-state index contributed by atoms with van der Waals surface area (Å²) < 4.78 is 5.28. The van der Waals surface area contributed by atoms with Crippen LogP contribution in [0.3, 0.4) is 0 Å². The summed E-state index contributed by atoms with van der Waals surface area (Å²) in [5.74, 6) is 1.20. The summed E-state index contributed by atoms with van der Waals surface area (Å²) in [6, 6.07) is 7.81. The number of carbonyl (C=O) groups is 1. The van der Waals surface area contributed by atoms with Crippen LogP contribution in [-0.4, -0.2) is 24.5 Å². The van der Waals surface area contributed by atoms with Crippen LogP contribution in [0.4, 0.5) is 0 Å². The lowest BCUT2D eigenvalue weighted by atomic mass is 10.1. The molecule has 1 aromatic carbocycles. The van der Waals surface area contributed by atoms with Crippen molar-refractivity contribution < 1.29 is 9.53 Å². The second-order valence-electron chi connectivity index (χ2n) is 4.45. The van der Waals surface area contributed by atoms with Crippen LogP contribution in [-0.2, 0) is 23.5 Å². The van der Waals surface area contributed by atoms with Crippen molar-refractivity contribution in [2.45, 2.75) is 18.7 Å². The molecule has 0 unspecified atom stereocenters. The number of benzene rings is 1. The number of halogens is 1. The highest BCUT2D eigenvalue weighted by atomic mass is 35.5. The average Bonchev–Trinajstić information content (AvgIpc) is 2.95. The number of alkyl halides is 1. The van der Waals surface area contributed by atoms with Gasteiger partial charge < -0.3 is 10.1 Å². The Labute approximate surface area is 133 Å². The number of amides is 1. The second kappa shape index (κ2) is 8.00. The summed E-state index contributed by atoms with van der Waals surface area (Å²) in [6.07, 6.45) is 1.04. The molecule has 0 spiro atoms. The first-order valence-corrected chi connectivity index (χ1v) is 8.02. The molecule has 2 aromatic rings. The van der Waals surface area contributed by atoms with E-state index in [1.165, 1.54) is 11.3 Å². The summed E-state index contributed by atoms with van der Waals surface area (Å²) in [4.78, 5) is 16.1. The standard InChI is InChI=1S/C15H17ClN2O2S/c1-20-13-5-3-2-4-11(13)6-7-17-14(19)8-15-18-12(9-16)10-21-15/h2-5,10H,6-9H2,1H3,(H,17,19). The number of nitrogens with zero attached hydrogens (tertiary/aromatic N) is 1. The van der Waals surface area contributed by atoms with Crippen molar-refractivity contribution in [3.63, 3.8) is 0 Å². The third-order valence-corrected chi connectivity index (χ3v) is 4.13. The predicted octanol–water partition coefficient (Wildman–Crippen LogP) is 2.79. The van der Waals surface area contributed by atoms with E-state index < -0.39 is 0 Å². The first kappa shape index (κ1) is 15.8. The van der Waals surface area contributed by atoms with Gasteiger partial charge in [-0.25, -0.2) is 4.98 Å². The number of hydrogen-bond acceptors (Lipinski definition) is 4. The van der Waals surface area contributed by atoms with Crippen LogP contribution in [0.1, 0.15) is 16.3 Å². The number of para-hydroxylation sites is 1. The summed E-state index contributed by atoms with van der Waals surface area (Å²) in [7, 11) is 1.65. The zero-order valence-corrected chi connectivity index (χ0v) is 13.3. The van der Waals surface area contributed by atoms with Gasteiger partial charge in [-0.1, -0.05) is 18.2 Å². The van der Waals surface area contributed by atoms with Gasteiger partial charge in [0.25, 0.3) is 0 Å². The number of carbonyl (C=O) groups excluding carboxylic acids is 1. The topological polar surface area (TPSA) is 51.2 Å². The molecule has 0 atom stereocenters. The van der Waals surface area contributed by atoms with Gasteiger partial charge in [0.15, 0.2) is 0 Å². The number of aromatic nitrogens is 1. The van der Waals surface area contributed by atoms with E-state index in [1.54, 1.807) is 7.11 Å². The fourth-order valence-corrected chi connectivity index (χ4v) is 2.96. The van der Waals surface area contributed by atoms with Crippen molar-refractivity contribution in [1.29, 1.82) is 0 Å². The van der Waals surface area contributed by atoms with Gasteiger partial charge in [-0.15, -0.1) is 22.9 Å². The van der Waals surface area contributed by atoms with Crippen molar-refractivity contribution in [2.24, 2.45) is 0 Å². The van der Waals surface area contributed by atoms with Crippen LogP contribution < -0.4 is 10.1 Å². The van der Waals surface area contributed by atoms with Gasteiger partial charge in [-0.2, -0.15) is 0 Å². The molecular formula is C15H17ClN2O2S. The van der Waals surface area contributed by atoms with Crippen LogP contribution in [0.25, 0.3) is 0 Å². The Bertz CT molecular complexity index is 601. The van der Waals surface area contributed by atoms with Gasteiger partial charge in [-0.05, 0) is 18.1 Å². The smallest absolute Gasteiger partial charge is 0.226 e. The number of hydrogen-bond donors (Lipinski definition) is 1. The van der Waals surface area contributed by atoms with E-state index in [-0.39, 0.29) is 5.91 Å². The molecule has 1 heterocycles. The van der Waals surface area contributed by atoms with Crippen LogP contribution >= 0.6 is 22.9 Å². The maximum Gasteiger partial charge on any atom is 0.226 e. The molecule has 0 aliphatic heterocycles. The Morgan fingerprint density at radius 1 is 1.43 bits per heavy atom. The molecule has 21 heavy (non-hydrogen) atoms. The van der Waals surface area contributed by atoms with Gasteiger partial charge >= 0.3 is 0 Å². The van der Waals surface area contributed by atoms with Gasteiger partial charge in [-0.3, -0.25) is 4.79 Å². The van der Waals surface area contributed by atoms with Gasteiger partial charge in [0, 0.05) is 11.9 Å². The number of methoxy groups -OCH3 is 1. The number of thiazole rings is 1. The molecule has 1 amide bonds. The maximum atomic E-state index is 11.8. The van der Waals surface area contributed by atoms with E-state index in [2.05, 4.69) is 10.3 Å². The quantitative estimate of drug-likeness (QED) is 0.797. The summed E-state index contributed by atoms with van der Waals surface area (Å²) in [5.41, 5.74) is 1.90. The molecule has 0 saturated carbocycles. The van der Waals surface area contributed by atoms with Crippen molar-refractivity contribution in [3.8, 4) is 5.75 Å². The average molecular weight is 325 g/mol. The van der Waals surface area contributed by atoms with Crippen LogP contribution in [0.5, 0.6) is 5.75 Å². The molecule has 0 radical (unpaired) electrons. The summed E-state index contributed by atoms with van der Waals surface area (Å²) in [5, 5.41) is 5.57. The van der Waals surface area contributed by atoms with Crippen molar-refractivity contribution in [3.05, 3.63) is 45.9 Å². The van der Waals surface area contributed by atoms with Gasteiger partial charge in [0.2, 0.25) is 5.91 Å². The van der Waals surface area contributed by atoms with Gasteiger partial charge in [0.05, 0.1) is 25.1 Å². The lowest BCUT2D eigenvalue weighted by molar-refractivity contribution is -0.120. The molecule has 1 aromatic heterocycles. The minimum absolute atomic E-state index is 0.0274. The minimum Gasteiger partial charge on any atom is -0.496 e. The first-order chi connectivity index (χ1) is 10.2. The van der Waals surface area contributed by atoms with E-state index >= 15 is 0 Å². The largest absolute Gasteiger partial charge is 0.496 e. The predicted molar refractivity (Wildman–Crippen MR) is 85.1 cm³/mol. The van der Waals surface area contributed by atoms with Crippen molar-refractivity contribution >= 4 is 28.8 Å². The van der Waals surface area contributed by atoms with Crippen molar-refractivity contribution in [2.75, 3.05) is 13.7 Å². The Balaban J connectivity index is 1.79. The second-order valence-corrected chi connectivity index (χ2v) is 5.66. The van der Waals surface area contributed by atoms with E-state index in [4.69, 9.17) is 16.3 Å². The highest BCUT2D eigenvalue weighted by Crippen LogP contribution is 2.17. The zero-order valence-electron chi connectivity index (χ0n) is 11.8. The minimum atomic E-state index is -0.0274. The molecule has 0 bridgehead atoms. The molecule has 0 fully saturated rings. The fraction of sp³-hybridized carbons (Fsp3) is 0.333. The summed E-state index contributed by atoms with van der Waals surface area (Å²) >= 11 is 7.15. The molecule has 112 valence electrons. The van der Waals surface area contributed by atoms with Crippen molar-refractivity contribution in [1.82, 2.24) is 10.3 Å². The Morgan fingerprint density at radius 3 is 2.95 bits per heavy atom. The molecule has 0 aliphatic rings. The lowest BCUT2D eigenvalue weighted by Gasteiger charge is -2.08.